The Bertz CT molecular complexity index is 447. The Morgan fingerprint density at radius 1 is 1.56 bits per heavy atom. The fourth-order valence-corrected chi connectivity index (χ4v) is 2.28. The number of rotatable bonds is 2. The molecule has 1 unspecified atom stereocenters. The van der Waals surface area contributed by atoms with Crippen LogP contribution in [0.25, 0.3) is 0 Å². The molecule has 1 aliphatic rings. The zero-order valence-corrected chi connectivity index (χ0v) is 10.8. The van der Waals surface area contributed by atoms with Crippen molar-refractivity contribution >= 4 is 34.2 Å². The van der Waals surface area contributed by atoms with Gasteiger partial charge in [-0.2, -0.15) is 0 Å². The third-order valence-electron chi connectivity index (χ3n) is 2.69. The van der Waals surface area contributed by atoms with Crippen molar-refractivity contribution in [3.8, 4) is 0 Å². The molecule has 2 nitrogen and oxygen atoms in total. The molecule has 0 bridgehead atoms. The highest BCUT2D eigenvalue weighted by Crippen LogP contribution is 2.28. The number of hydrogen-bond donors (Lipinski definition) is 0. The molecule has 0 aliphatic carbocycles. The van der Waals surface area contributed by atoms with Crippen molar-refractivity contribution in [1.82, 2.24) is 0 Å². The van der Waals surface area contributed by atoms with Crippen LogP contribution in [0, 0.1) is 15.3 Å². The maximum atomic E-state index is 13.7. The van der Waals surface area contributed by atoms with E-state index in [0.717, 1.165) is 3.57 Å². The molecular formula is C12H11FINO. The Morgan fingerprint density at radius 2 is 2.31 bits per heavy atom. The topological polar surface area (TPSA) is 20.3 Å². The SMILES string of the molecule is C=CC1CC(=O)N(c2ccc(I)cc2F)C1. The first kappa shape index (κ1) is 11.6. The summed E-state index contributed by atoms with van der Waals surface area (Å²) in [5.41, 5.74) is 0.370. The predicted octanol–water partition coefficient (Wildman–Crippen LogP) is 2.97. The molecule has 1 atom stereocenters. The highest BCUT2D eigenvalue weighted by atomic mass is 127. The molecule has 1 fully saturated rings. The minimum Gasteiger partial charge on any atom is -0.309 e. The number of nitrogens with zero attached hydrogens (tertiary/aromatic N) is 1. The van der Waals surface area contributed by atoms with Crippen molar-refractivity contribution in [3.63, 3.8) is 0 Å². The molecular weight excluding hydrogens is 320 g/mol. The quantitative estimate of drug-likeness (QED) is 0.603. The standard InChI is InChI=1S/C12H11FINO/c1-2-8-5-12(16)15(7-8)11-4-3-9(14)6-10(11)13/h2-4,6,8H,1,5,7H2. The van der Waals surface area contributed by atoms with Gasteiger partial charge in [0.1, 0.15) is 5.82 Å². The maximum Gasteiger partial charge on any atom is 0.227 e. The summed E-state index contributed by atoms with van der Waals surface area (Å²) in [5, 5.41) is 0. The fourth-order valence-electron chi connectivity index (χ4n) is 1.83. The first-order chi connectivity index (χ1) is 7.61. The Hall–Kier alpha value is -0.910. The maximum absolute atomic E-state index is 13.7. The zero-order chi connectivity index (χ0) is 11.7. The van der Waals surface area contributed by atoms with Gasteiger partial charge in [-0.1, -0.05) is 6.08 Å². The summed E-state index contributed by atoms with van der Waals surface area (Å²) < 4.78 is 14.5. The lowest BCUT2D eigenvalue weighted by Gasteiger charge is -2.17. The van der Waals surface area contributed by atoms with Crippen molar-refractivity contribution in [2.45, 2.75) is 6.42 Å². The van der Waals surface area contributed by atoms with E-state index in [-0.39, 0.29) is 17.6 Å². The number of anilines is 1. The van der Waals surface area contributed by atoms with Gasteiger partial charge >= 0.3 is 0 Å². The molecule has 1 amide bonds. The summed E-state index contributed by atoms with van der Waals surface area (Å²) in [6.07, 6.45) is 2.18. The molecule has 16 heavy (non-hydrogen) atoms. The molecule has 1 aromatic carbocycles. The highest BCUT2D eigenvalue weighted by Gasteiger charge is 2.30. The number of carbonyl (C=O) groups is 1. The minimum atomic E-state index is -0.343. The van der Waals surface area contributed by atoms with Gasteiger partial charge in [0.15, 0.2) is 0 Å². The van der Waals surface area contributed by atoms with Gasteiger partial charge in [-0.3, -0.25) is 4.79 Å². The molecule has 4 heteroatoms. The van der Waals surface area contributed by atoms with Crippen LogP contribution in [0.3, 0.4) is 0 Å². The molecule has 0 radical (unpaired) electrons. The number of amides is 1. The number of carbonyl (C=O) groups excluding carboxylic acids is 1. The van der Waals surface area contributed by atoms with E-state index in [1.54, 1.807) is 18.2 Å². The second kappa shape index (κ2) is 4.53. The Kier molecular flexibility index (Phi) is 3.28. The summed E-state index contributed by atoms with van der Waals surface area (Å²) in [6, 6.07) is 4.89. The summed E-state index contributed by atoms with van der Waals surface area (Å²) in [6.45, 7) is 4.20. The Balaban J connectivity index is 2.31. The number of halogens is 2. The Labute approximate surface area is 107 Å². The second-order valence-corrected chi connectivity index (χ2v) is 5.05. The van der Waals surface area contributed by atoms with Crippen LogP contribution in [0.5, 0.6) is 0 Å². The van der Waals surface area contributed by atoms with Crippen LogP contribution in [0.1, 0.15) is 6.42 Å². The average molecular weight is 331 g/mol. The monoisotopic (exact) mass is 331 g/mol. The largest absolute Gasteiger partial charge is 0.309 e. The van der Waals surface area contributed by atoms with Gasteiger partial charge in [0.25, 0.3) is 0 Å². The van der Waals surface area contributed by atoms with Crippen LogP contribution in [0.4, 0.5) is 10.1 Å². The van der Waals surface area contributed by atoms with Crippen molar-refractivity contribution in [3.05, 3.63) is 40.2 Å². The van der Waals surface area contributed by atoms with Gasteiger partial charge in [0.2, 0.25) is 5.91 Å². The van der Waals surface area contributed by atoms with Crippen LogP contribution < -0.4 is 4.90 Å². The van der Waals surface area contributed by atoms with Crippen LogP contribution in [-0.4, -0.2) is 12.5 Å². The summed E-state index contributed by atoms with van der Waals surface area (Å²) >= 11 is 2.04. The van der Waals surface area contributed by atoms with Gasteiger partial charge in [-0.25, -0.2) is 4.39 Å². The smallest absolute Gasteiger partial charge is 0.227 e. The van der Waals surface area contributed by atoms with Gasteiger partial charge in [0, 0.05) is 22.5 Å². The first-order valence-corrected chi connectivity index (χ1v) is 6.07. The molecule has 1 aliphatic heterocycles. The molecule has 1 heterocycles. The van der Waals surface area contributed by atoms with E-state index in [4.69, 9.17) is 0 Å². The van der Waals surface area contributed by atoms with Crippen LogP contribution in [0.2, 0.25) is 0 Å². The molecule has 0 aromatic heterocycles. The van der Waals surface area contributed by atoms with Crippen LogP contribution >= 0.6 is 22.6 Å². The Morgan fingerprint density at radius 3 is 2.88 bits per heavy atom. The molecule has 1 saturated heterocycles. The van der Waals surface area contributed by atoms with Crippen LogP contribution in [0.15, 0.2) is 30.9 Å². The summed E-state index contributed by atoms with van der Waals surface area (Å²) in [4.78, 5) is 13.2. The minimum absolute atomic E-state index is 0.0370. The van der Waals surface area contributed by atoms with Crippen molar-refractivity contribution in [2.24, 2.45) is 5.92 Å². The third kappa shape index (κ3) is 2.11. The van der Waals surface area contributed by atoms with Gasteiger partial charge < -0.3 is 4.90 Å². The zero-order valence-electron chi connectivity index (χ0n) is 8.62. The second-order valence-electron chi connectivity index (χ2n) is 3.80. The van der Waals surface area contributed by atoms with Gasteiger partial charge in [-0.05, 0) is 40.8 Å². The average Bonchev–Trinajstić information content (AvgIpc) is 2.60. The van der Waals surface area contributed by atoms with Gasteiger partial charge in [-0.15, -0.1) is 6.58 Å². The van der Waals surface area contributed by atoms with E-state index in [1.165, 1.54) is 11.0 Å². The predicted molar refractivity (Wildman–Crippen MR) is 69.8 cm³/mol. The molecule has 84 valence electrons. The first-order valence-electron chi connectivity index (χ1n) is 5.00. The summed E-state index contributed by atoms with van der Waals surface area (Å²) in [7, 11) is 0. The lowest BCUT2D eigenvalue weighted by atomic mass is 10.1. The van der Waals surface area contributed by atoms with E-state index < -0.39 is 0 Å². The molecule has 0 N–H and O–H groups in total. The normalized spacial score (nSPS) is 20.2. The van der Waals surface area contributed by atoms with E-state index in [2.05, 4.69) is 6.58 Å². The molecule has 0 saturated carbocycles. The van der Waals surface area contributed by atoms with Crippen molar-refractivity contribution < 1.29 is 9.18 Å². The van der Waals surface area contributed by atoms with E-state index >= 15 is 0 Å². The molecule has 1 aromatic rings. The van der Waals surface area contributed by atoms with E-state index in [9.17, 15) is 9.18 Å². The number of benzene rings is 1. The van der Waals surface area contributed by atoms with Gasteiger partial charge in [0.05, 0.1) is 5.69 Å². The molecule has 2 rings (SSSR count). The fraction of sp³-hybridized carbons (Fsp3) is 0.250. The van der Waals surface area contributed by atoms with Crippen LogP contribution in [-0.2, 0) is 4.79 Å². The number of hydrogen-bond acceptors (Lipinski definition) is 1. The van der Waals surface area contributed by atoms with Crippen molar-refractivity contribution in [2.75, 3.05) is 11.4 Å². The third-order valence-corrected chi connectivity index (χ3v) is 3.36. The van der Waals surface area contributed by atoms with E-state index in [0.29, 0.717) is 18.7 Å². The van der Waals surface area contributed by atoms with E-state index in [1.807, 2.05) is 22.6 Å². The summed E-state index contributed by atoms with van der Waals surface area (Å²) in [5.74, 6) is -0.249. The lowest BCUT2D eigenvalue weighted by Crippen LogP contribution is -2.25. The highest BCUT2D eigenvalue weighted by molar-refractivity contribution is 14.1. The lowest BCUT2D eigenvalue weighted by molar-refractivity contribution is -0.117. The molecule has 0 spiro atoms. The van der Waals surface area contributed by atoms with Crippen molar-refractivity contribution in [1.29, 1.82) is 0 Å².